The molecular weight excluding hydrogens is 474 g/mol. The Balaban J connectivity index is 1.51. The van der Waals surface area contributed by atoms with Crippen molar-refractivity contribution >= 4 is 52.4 Å². The number of hydrogen-bond donors (Lipinski definition) is 2. The van der Waals surface area contributed by atoms with Gasteiger partial charge in [0.05, 0.1) is 23.9 Å². The van der Waals surface area contributed by atoms with Gasteiger partial charge in [0.15, 0.2) is 0 Å². The van der Waals surface area contributed by atoms with Crippen LogP contribution in [0.25, 0.3) is 0 Å². The molecule has 1 aliphatic rings. The van der Waals surface area contributed by atoms with Crippen LogP contribution in [0, 0.1) is 0 Å². The molecule has 176 valence electrons. The predicted molar refractivity (Wildman–Crippen MR) is 129 cm³/mol. The summed E-state index contributed by atoms with van der Waals surface area (Å²) < 4.78 is 10.0. The number of amides is 2. The van der Waals surface area contributed by atoms with Crippen molar-refractivity contribution < 1.29 is 28.7 Å². The normalized spacial score (nSPS) is 13.1. The van der Waals surface area contributed by atoms with Crippen LogP contribution in [0.3, 0.4) is 0 Å². The molecule has 2 amide bonds. The molecule has 10 heteroatoms. The van der Waals surface area contributed by atoms with E-state index in [1.807, 2.05) is 0 Å². The van der Waals surface area contributed by atoms with Gasteiger partial charge >= 0.3 is 11.9 Å². The van der Waals surface area contributed by atoms with Crippen molar-refractivity contribution in [2.45, 2.75) is 0 Å². The summed E-state index contributed by atoms with van der Waals surface area (Å²) in [6.07, 6.45) is 0. The Morgan fingerprint density at radius 3 is 2.20 bits per heavy atom. The van der Waals surface area contributed by atoms with Crippen LogP contribution in [0.4, 0.5) is 17.1 Å². The van der Waals surface area contributed by atoms with Gasteiger partial charge in [0.25, 0.3) is 11.8 Å². The molecule has 0 spiro atoms. The fourth-order valence-electron chi connectivity index (χ4n) is 3.32. The van der Waals surface area contributed by atoms with Crippen LogP contribution >= 0.6 is 11.6 Å². The van der Waals surface area contributed by atoms with Crippen LogP contribution < -0.4 is 20.7 Å². The summed E-state index contributed by atoms with van der Waals surface area (Å²) in [4.78, 5) is 51.1. The lowest BCUT2D eigenvalue weighted by atomic mass is 10.1. The summed E-state index contributed by atoms with van der Waals surface area (Å²) in [5.41, 5.74) is 6.72. The number of anilines is 3. The van der Waals surface area contributed by atoms with Crippen molar-refractivity contribution in [2.24, 2.45) is 0 Å². The monoisotopic (exact) mass is 491 g/mol. The highest BCUT2D eigenvalue weighted by Crippen LogP contribution is 2.32. The Hall–Kier alpha value is -4.63. The molecule has 0 radical (unpaired) electrons. The number of carbonyl (C=O) groups is 4. The van der Waals surface area contributed by atoms with Crippen LogP contribution in [0.15, 0.2) is 83.5 Å². The molecule has 0 atom stereocenters. The van der Waals surface area contributed by atoms with Crippen molar-refractivity contribution in [1.82, 2.24) is 0 Å². The highest BCUT2D eigenvalue weighted by molar-refractivity contribution is 6.53. The lowest BCUT2D eigenvalue weighted by Crippen LogP contribution is -2.33. The third-order valence-corrected chi connectivity index (χ3v) is 5.41. The molecule has 0 aromatic heterocycles. The molecule has 9 nitrogen and oxygen atoms in total. The van der Waals surface area contributed by atoms with Crippen LogP contribution in [0.2, 0.25) is 0 Å². The smallest absolute Gasteiger partial charge is 0.343 e. The first kappa shape index (κ1) is 23.5. The quantitative estimate of drug-likeness (QED) is 0.231. The summed E-state index contributed by atoms with van der Waals surface area (Å²) >= 11 is 6.17. The maximum absolute atomic E-state index is 13.1. The summed E-state index contributed by atoms with van der Waals surface area (Å²) in [6.45, 7) is 0. The van der Waals surface area contributed by atoms with Crippen molar-refractivity contribution in [2.75, 3.05) is 23.1 Å². The average Bonchev–Trinajstić information content (AvgIpc) is 3.08. The molecule has 35 heavy (non-hydrogen) atoms. The lowest BCUT2D eigenvalue weighted by Gasteiger charge is -2.17. The van der Waals surface area contributed by atoms with E-state index in [1.54, 1.807) is 36.4 Å². The van der Waals surface area contributed by atoms with E-state index in [4.69, 9.17) is 26.8 Å². The largest absolute Gasteiger partial charge is 0.465 e. The zero-order valence-electron chi connectivity index (χ0n) is 18.3. The number of esters is 2. The van der Waals surface area contributed by atoms with Gasteiger partial charge in [-0.2, -0.15) is 0 Å². The first-order valence-electron chi connectivity index (χ1n) is 10.2. The first-order chi connectivity index (χ1) is 16.8. The molecule has 0 saturated carbocycles. The van der Waals surface area contributed by atoms with E-state index in [9.17, 15) is 19.2 Å². The Labute approximate surface area is 204 Å². The molecular formula is C25H18ClN3O6. The third-order valence-electron chi connectivity index (χ3n) is 5.06. The number of nitrogens with two attached hydrogens (primary N) is 1. The van der Waals surface area contributed by atoms with E-state index in [2.05, 4.69) is 5.32 Å². The third kappa shape index (κ3) is 4.71. The Bertz CT molecular complexity index is 1370. The number of carbonyl (C=O) groups excluding carboxylic acids is 4. The van der Waals surface area contributed by atoms with Gasteiger partial charge in [0.2, 0.25) is 0 Å². The maximum atomic E-state index is 13.1. The molecule has 3 aromatic carbocycles. The molecule has 4 rings (SSSR count). The number of ether oxygens (including phenoxy) is 2. The van der Waals surface area contributed by atoms with E-state index < -0.39 is 23.8 Å². The van der Waals surface area contributed by atoms with Gasteiger partial charge in [-0.15, -0.1) is 0 Å². The second kappa shape index (κ2) is 9.70. The number of hydrogen-bond acceptors (Lipinski definition) is 8. The summed E-state index contributed by atoms with van der Waals surface area (Å²) in [7, 11) is 1.19. The predicted octanol–water partition coefficient (Wildman–Crippen LogP) is 3.71. The number of rotatable bonds is 6. The van der Waals surface area contributed by atoms with Crippen molar-refractivity contribution in [3.63, 3.8) is 0 Å². The van der Waals surface area contributed by atoms with E-state index >= 15 is 0 Å². The van der Waals surface area contributed by atoms with Gasteiger partial charge in [0.1, 0.15) is 16.5 Å². The molecule has 3 N–H and O–H groups in total. The molecule has 0 aliphatic carbocycles. The second-order valence-corrected chi connectivity index (χ2v) is 7.68. The van der Waals surface area contributed by atoms with Gasteiger partial charge in [-0.1, -0.05) is 23.7 Å². The number of methoxy groups -OCH3 is 1. The molecule has 0 fully saturated rings. The summed E-state index contributed by atoms with van der Waals surface area (Å²) in [6, 6.07) is 18.4. The second-order valence-electron chi connectivity index (χ2n) is 7.30. The number of halogens is 1. The molecule has 0 unspecified atom stereocenters. The van der Waals surface area contributed by atoms with Crippen LogP contribution in [-0.4, -0.2) is 30.9 Å². The van der Waals surface area contributed by atoms with Gasteiger partial charge in [-0.3, -0.25) is 9.59 Å². The lowest BCUT2D eigenvalue weighted by molar-refractivity contribution is -0.120. The number of imide groups is 1. The van der Waals surface area contributed by atoms with E-state index in [1.165, 1.54) is 43.5 Å². The Morgan fingerprint density at radius 2 is 1.54 bits per heavy atom. The number of benzene rings is 3. The number of nitrogens with zero attached hydrogens (tertiary/aromatic N) is 1. The highest BCUT2D eigenvalue weighted by atomic mass is 35.5. The fraction of sp³-hybridized carbons (Fsp3) is 0.0400. The van der Waals surface area contributed by atoms with E-state index in [-0.39, 0.29) is 27.5 Å². The summed E-state index contributed by atoms with van der Waals surface area (Å²) in [5.74, 6) is -2.50. The van der Waals surface area contributed by atoms with Gasteiger partial charge in [-0.25, -0.2) is 14.5 Å². The first-order valence-corrected chi connectivity index (χ1v) is 10.6. The minimum atomic E-state index is -0.792. The molecule has 0 saturated heterocycles. The molecule has 3 aromatic rings. The average molecular weight is 492 g/mol. The molecule has 0 bridgehead atoms. The van der Waals surface area contributed by atoms with Gasteiger partial charge < -0.3 is 20.5 Å². The van der Waals surface area contributed by atoms with Crippen molar-refractivity contribution in [1.29, 1.82) is 0 Å². The zero-order chi connectivity index (χ0) is 25.1. The minimum Gasteiger partial charge on any atom is -0.465 e. The number of nitrogens with one attached hydrogen (secondary N) is 1. The van der Waals surface area contributed by atoms with Crippen molar-refractivity contribution in [3.8, 4) is 5.75 Å². The van der Waals surface area contributed by atoms with Crippen LogP contribution in [0.5, 0.6) is 5.75 Å². The fourth-order valence-corrected chi connectivity index (χ4v) is 3.53. The topological polar surface area (TPSA) is 128 Å². The molecule has 1 aliphatic heterocycles. The maximum Gasteiger partial charge on any atom is 0.343 e. The number of nitrogen functional groups attached to an aromatic ring is 1. The van der Waals surface area contributed by atoms with Crippen LogP contribution in [0.1, 0.15) is 20.7 Å². The Kier molecular flexibility index (Phi) is 6.52. The standard InChI is InChI=1S/C25H18ClN3O6/c1-34-25(33)18-4-2-3-5-19(18)29-22(30)20(26)21(23(29)31)28-16-10-6-14(7-11-16)24(32)35-17-12-8-15(27)9-13-17/h2-13,28H,27H2,1H3. The summed E-state index contributed by atoms with van der Waals surface area (Å²) in [5, 5.41) is 2.46. The minimum absolute atomic E-state index is 0.0337. The zero-order valence-corrected chi connectivity index (χ0v) is 19.0. The SMILES string of the molecule is COC(=O)c1ccccc1N1C(=O)C(Cl)=C(Nc2ccc(C(=O)Oc3ccc(N)cc3)cc2)C1=O. The Morgan fingerprint density at radius 1 is 0.886 bits per heavy atom. The van der Waals surface area contributed by atoms with Crippen LogP contribution in [-0.2, 0) is 14.3 Å². The highest BCUT2D eigenvalue weighted by Gasteiger charge is 2.40. The van der Waals surface area contributed by atoms with Gasteiger partial charge in [0, 0.05) is 11.4 Å². The van der Waals surface area contributed by atoms with Crippen molar-refractivity contribution in [3.05, 3.63) is 94.7 Å². The van der Waals surface area contributed by atoms with E-state index in [0.717, 1.165) is 4.90 Å². The number of para-hydroxylation sites is 1. The van der Waals surface area contributed by atoms with Gasteiger partial charge in [-0.05, 0) is 60.7 Å². The molecule has 1 heterocycles. The van der Waals surface area contributed by atoms with E-state index in [0.29, 0.717) is 17.1 Å².